The molecule has 0 unspecified atom stereocenters. The molecule has 4 rings (SSSR count). The van der Waals surface area contributed by atoms with Crippen LogP contribution in [0.1, 0.15) is 30.0 Å². The second kappa shape index (κ2) is 7.68. The van der Waals surface area contributed by atoms with E-state index in [1.165, 1.54) is 18.2 Å². The molecule has 0 aliphatic carbocycles. The van der Waals surface area contributed by atoms with Gasteiger partial charge in [0.15, 0.2) is 0 Å². The van der Waals surface area contributed by atoms with E-state index in [2.05, 4.69) is 9.98 Å². The molecule has 1 aliphatic rings. The summed E-state index contributed by atoms with van der Waals surface area (Å²) in [7, 11) is 1.57. The van der Waals surface area contributed by atoms with Gasteiger partial charge in [-0.3, -0.25) is 4.99 Å². The lowest BCUT2D eigenvalue weighted by atomic mass is 9.99. The summed E-state index contributed by atoms with van der Waals surface area (Å²) in [5, 5.41) is 0.567. The quantitative estimate of drug-likeness (QED) is 0.539. The fourth-order valence-corrected chi connectivity index (χ4v) is 3.73. The van der Waals surface area contributed by atoms with Crippen molar-refractivity contribution >= 4 is 17.3 Å². The third-order valence-corrected chi connectivity index (χ3v) is 5.18. The Morgan fingerprint density at radius 1 is 1.04 bits per heavy atom. The normalized spacial score (nSPS) is 16.1. The molecule has 142 valence electrons. The van der Waals surface area contributed by atoms with E-state index in [-0.39, 0.29) is 11.6 Å². The van der Waals surface area contributed by atoms with Crippen LogP contribution in [0.5, 0.6) is 5.88 Å². The van der Waals surface area contributed by atoms with Crippen molar-refractivity contribution < 1.29 is 13.5 Å². The van der Waals surface area contributed by atoms with E-state index in [0.717, 1.165) is 16.7 Å². The van der Waals surface area contributed by atoms with Crippen LogP contribution in [0.3, 0.4) is 0 Å². The molecule has 1 atom stereocenters. The first kappa shape index (κ1) is 18.6. The first-order valence-corrected chi connectivity index (χ1v) is 9.25. The Kier molecular flexibility index (Phi) is 5.09. The van der Waals surface area contributed by atoms with Crippen molar-refractivity contribution in [2.75, 3.05) is 7.11 Å². The van der Waals surface area contributed by atoms with Crippen LogP contribution in [0, 0.1) is 11.6 Å². The van der Waals surface area contributed by atoms with Gasteiger partial charge in [0.25, 0.3) is 0 Å². The van der Waals surface area contributed by atoms with Crippen molar-refractivity contribution in [3.8, 4) is 17.0 Å². The highest BCUT2D eigenvalue weighted by atomic mass is 35.5. The Hall–Kier alpha value is -2.79. The van der Waals surface area contributed by atoms with Gasteiger partial charge in [-0.25, -0.2) is 13.8 Å². The molecule has 0 fully saturated rings. The number of rotatable bonds is 4. The average Bonchev–Trinajstić information content (AvgIpc) is 3.17. The van der Waals surface area contributed by atoms with E-state index in [1.54, 1.807) is 19.4 Å². The third kappa shape index (κ3) is 3.50. The van der Waals surface area contributed by atoms with E-state index >= 15 is 0 Å². The van der Waals surface area contributed by atoms with Crippen LogP contribution < -0.4 is 4.74 Å². The molecule has 3 nitrogen and oxygen atoms in total. The fourth-order valence-electron chi connectivity index (χ4n) is 3.43. The molecule has 1 aliphatic heterocycles. The number of nitrogens with zero attached hydrogens (tertiary/aromatic N) is 2. The summed E-state index contributed by atoms with van der Waals surface area (Å²) < 4.78 is 33.2. The number of halogens is 3. The SMILES string of the molecule is COc1ccc(-c2ccc([C@H]3CCC(c4c(F)cccc4F)=N3)c(Cl)c2)cn1. The van der Waals surface area contributed by atoms with Gasteiger partial charge in [0, 0.05) is 28.6 Å². The fraction of sp³-hybridized carbons (Fsp3) is 0.182. The van der Waals surface area contributed by atoms with Crippen LogP contribution >= 0.6 is 11.6 Å². The minimum atomic E-state index is -0.590. The van der Waals surface area contributed by atoms with Gasteiger partial charge >= 0.3 is 0 Å². The molecule has 2 aromatic carbocycles. The van der Waals surface area contributed by atoms with Crippen molar-refractivity contribution in [1.29, 1.82) is 0 Å². The van der Waals surface area contributed by atoms with Crippen molar-refractivity contribution in [2.45, 2.75) is 18.9 Å². The minimum absolute atomic E-state index is 0.0398. The molecular weight excluding hydrogens is 382 g/mol. The Morgan fingerprint density at radius 3 is 2.43 bits per heavy atom. The molecular formula is C22H17ClF2N2O. The maximum Gasteiger partial charge on any atom is 0.212 e. The van der Waals surface area contributed by atoms with Crippen LogP contribution in [0.4, 0.5) is 8.78 Å². The van der Waals surface area contributed by atoms with E-state index in [9.17, 15) is 8.78 Å². The molecule has 3 aromatic rings. The first-order valence-electron chi connectivity index (χ1n) is 8.87. The van der Waals surface area contributed by atoms with Gasteiger partial charge in [0.05, 0.1) is 18.7 Å². The van der Waals surface area contributed by atoms with E-state index < -0.39 is 11.6 Å². The second-order valence-electron chi connectivity index (χ2n) is 6.55. The lowest BCUT2D eigenvalue weighted by molar-refractivity contribution is 0.398. The number of pyridine rings is 1. The highest BCUT2D eigenvalue weighted by Crippen LogP contribution is 2.37. The highest BCUT2D eigenvalue weighted by molar-refractivity contribution is 6.31. The Bertz CT molecular complexity index is 1030. The van der Waals surface area contributed by atoms with E-state index in [4.69, 9.17) is 16.3 Å². The number of hydrogen-bond donors (Lipinski definition) is 0. The molecule has 0 radical (unpaired) electrons. The van der Waals surface area contributed by atoms with Crippen LogP contribution in [0.2, 0.25) is 5.02 Å². The van der Waals surface area contributed by atoms with Gasteiger partial charge < -0.3 is 4.74 Å². The zero-order valence-electron chi connectivity index (χ0n) is 15.1. The number of aromatic nitrogens is 1. The summed E-state index contributed by atoms with van der Waals surface area (Å²) in [5.74, 6) is -0.639. The predicted molar refractivity (Wildman–Crippen MR) is 106 cm³/mol. The van der Waals surface area contributed by atoms with Crippen molar-refractivity contribution in [3.63, 3.8) is 0 Å². The summed E-state index contributed by atoms with van der Waals surface area (Å²) in [6.45, 7) is 0. The van der Waals surface area contributed by atoms with Gasteiger partial charge in [-0.1, -0.05) is 29.8 Å². The summed E-state index contributed by atoms with van der Waals surface area (Å²) in [4.78, 5) is 8.76. The molecule has 0 bridgehead atoms. The average molecular weight is 399 g/mol. The summed E-state index contributed by atoms with van der Waals surface area (Å²) in [5.41, 5.74) is 3.09. The van der Waals surface area contributed by atoms with E-state index in [1.807, 2.05) is 24.3 Å². The van der Waals surface area contributed by atoms with Gasteiger partial charge in [0.1, 0.15) is 11.6 Å². The molecule has 0 saturated carbocycles. The highest BCUT2D eigenvalue weighted by Gasteiger charge is 2.25. The van der Waals surface area contributed by atoms with Gasteiger partial charge in [-0.2, -0.15) is 0 Å². The Balaban J connectivity index is 1.62. The van der Waals surface area contributed by atoms with Crippen LogP contribution in [0.25, 0.3) is 11.1 Å². The monoisotopic (exact) mass is 398 g/mol. The van der Waals surface area contributed by atoms with Crippen molar-refractivity contribution in [1.82, 2.24) is 4.98 Å². The van der Waals surface area contributed by atoms with Gasteiger partial charge in [-0.15, -0.1) is 0 Å². The molecule has 6 heteroatoms. The van der Waals surface area contributed by atoms with Gasteiger partial charge in [0.2, 0.25) is 5.88 Å². The molecule has 0 saturated heterocycles. The first-order chi connectivity index (χ1) is 13.6. The molecule has 0 amide bonds. The van der Waals surface area contributed by atoms with Crippen LogP contribution in [-0.2, 0) is 0 Å². The molecule has 28 heavy (non-hydrogen) atoms. The van der Waals surface area contributed by atoms with Crippen LogP contribution in [0.15, 0.2) is 59.7 Å². The summed E-state index contributed by atoms with van der Waals surface area (Å²) in [6, 6.07) is 13.0. The smallest absolute Gasteiger partial charge is 0.212 e. The van der Waals surface area contributed by atoms with Crippen LogP contribution in [-0.4, -0.2) is 17.8 Å². The van der Waals surface area contributed by atoms with E-state index in [0.29, 0.717) is 29.5 Å². The number of aliphatic imine (C=N–C) groups is 1. The lowest BCUT2D eigenvalue weighted by Crippen LogP contribution is -2.03. The lowest BCUT2D eigenvalue weighted by Gasteiger charge is -2.11. The molecule has 0 N–H and O–H groups in total. The molecule has 0 spiro atoms. The third-order valence-electron chi connectivity index (χ3n) is 4.86. The van der Waals surface area contributed by atoms with Gasteiger partial charge in [-0.05, 0) is 48.2 Å². The predicted octanol–water partition coefficient (Wildman–Crippen LogP) is 6.01. The molecule has 2 heterocycles. The Labute approximate surface area is 166 Å². The Morgan fingerprint density at radius 2 is 1.79 bits per heavy atom. The number of methoxy groups -OCH3 is 1. The topological polar surface area (TPSA) is 34.5 Å². The number of ether oxygens (including phenoxy) is 1. The standard InChI is InChI=1S/C22H17ClF2N2O/c1-28-21-10-6-14(12-26-21)13-5-7-15(16(23)11-13)19-8-9-20(27-19)22-17(24)3-2-4-18(22)25/h2-7,10-12,19H,8-9H2,1H3/t19-/m1/s1. The number of hydrogen-bond acceptors (Lipinski definition) is 3. The molecule has 1 aromatic heterocycles. The van der Waals surface area contributed by atoms with Crippen molar-refractivity contribution in [2.24, 2.45) is 4.99 Å². The zero-order valence-corrected chi connectivity index (χ0v) is 15.9. The summed E-state index contributed by atoms with van der Waals surface area (Å²) >= 11 is 6.51. The largest absolute Gasteiger partial charge is 0.481 e. The second-order valence-corrected chi connectivity index (χ2v) is 6.96. The zero-order chi connectivity index (χ0) is 19.7. The maximum atomic E-state index is 14.0. The number of benzene rings is 2. The van der Waals surface area contributed by atoms with Crippen molar-refractivity contribution in [3.05, 3.63) is 82.5 Å². The minimum Gasteiger partial charge on any atom is -0.481 e. The maximum absolute atomic E-state index is 14.0. The summed E-state index contributed by atoms with van der Waals surface area (Å²) in [6.07, 6.45) is 2.88.